The van der Waals surface area contributed by atoms with Gasteiger partial charge in [-0.25, -0.2) is 0 Å². The maximum absolute atomic E-state index is 13.2. The molecule has 0 fully saturated rings. The first kappa shape index (κ1) is 23.1. The van der Waals surface area contributed by atoms with Gasteiger partial charge < -0.3 is 19.7 Å². The highest BCUT2D eigenvalue weighted by molar-refractivity contribution is 5.94. The van der Waals surface area contributed by atoms with Crippen molar-refractivity contribution < 1.29 is 19.1 Å². The summed E-state index contributed by atoms with van der Waals surface area (Å²) in [4.78, 5) is 27.1. The number of carbonyl (C=O) groups is 2. The Bertz CT molecular complexity index is 1130. The summed E-state index contributed by atoms with van der Waals surface area (Å²) >= 11 is 0. The first-order valence-electron chi connectivity index (χ1n) is 11.4. The fraction of sp³-hybridized carbons (Fsp3) is 0.214. The van der Waals surface area contributed by atoms with Crippen LogP contribution in [0.3, 0.4) is 0 Å². The number of amides is 2. The summed E-state index contributed by atoms with van der Waals surface area (Å²) in [5.74, 6) is 1.11. The van der Waals surface area contributed by atoms with E-state index in [1.54, 1.807) is 4.90 Å². The number of hydrogen-bond acceptors (Lipinski definition) is 4. The molecule has 0 aliphatic carbocycles. The maximum Gasteiger partial charge on any atom is 0.229 e. The van der Waals surface area contributed by atoms with Crippen LogP contribution in [0.25, 0.3) is 6.08 Å². The number of benzene rings is 3. The molecule has 1 heterocycles. The van der Waals surface area contributed by atoms with Gasteiger partial charge in [0, 0.05) is 31.3 Å². The second-order valence-electron chi connectivity index (χ2n) is 7.91. The van der Waals surface area contributed by atoms with Gasteiger partial charge in [0.15, 0.2) is 11.5 Å². The van der Waals surface area contributed by atoms with Crippen molar-refractivity contribution in [1.82, 2.24) is 5.32 Å². The third-order valence-electron chi connectivity index (χ3n) is 5.40. The van der Waals surface area contributed by atoms with Crippen molar-refractivity contribution in [2.45, 2.75) is 12.8 Å². The molecule has 3 aromatic carbocycles. The van der Waals surface area contributed by atoms with Crippen molar-refractivity contribution in [3.05, 3.63) is 96.1 Å². The molecule has 174 valence electrons. The third kappa shape index (κ3) is 6.48. The Morgan fingerprint density at radius 3 is 2.35 bits per heavy atom. The standard InChI is InChI=1S/C28H28N2O4/c31-27(20-23-10-5-2-6-11-23)29-16-15-28(32)30(17-7-12-22-8-3-1-4-9-22)24-13-14-25-26(21-24)34-19-18-33-25/h1-14,21H,15-20H2,(H,29,31)/b12-7+. The second kappa shape index (κ2) is 11.7. The molecule has 0 unspecified atom stereocenters. The largest absolute Gasteiger partial charge is 0.486 e. The fourth-order valence-electron chi connectivity index (χ4n) is 3.70. The summed E-state index contributed by atoms with van der Waals surface area (Å²) in [7, 11) is 0. The van der Waals surface area contributed by atoms with Crippen molar-refractivity contribution in [2.24, 2.45) is 0 Å². The molecular formula is C28H28N2O4. The molecule has 0 saturated carbocycles. The van der Waals surface area contributed by atoms with Gasteiger partial charge in [-0.1, -0.05) is 72.8 Å². The molecule has 0 bridgehead atoms. The van der Waals surface area contributed by atoms with Gasteiger partial charge in [-0.3, -0.25) is 9.59 Å². The van der Waals surface area contributed by atoms with Gasteiger partial charge in [-0.15, -0.1) is 0 Å². The third-order valence-corrected chi connectivity index (χ3v) is 5.40. The summed E-state index contributed by atoms with van der Waals surface area (Å²) in [6, 6.07) is 25.0. The minimum atomic E-state index is -0.103. The lowest BCUT2D eigenvalue weighted by atomic mass is 10.1. The summed E-state index contributed by atoms with van der Waals surface area (Å²) in [5.41, 5.74) is 2.73. The monoisotopic (exact) mass is 456 g/mol. The van der Waals surface area contributed by atoms with Gasteiger partial charge in [-0.05, 0) is 23.3 Å². The Kier molecular flexibility index (Phi) is 7.95. The Morgan fingerprint density at radius 2 is 1.59 bits per heavy atom. The number of rotatable bonds is 9. The van der Waals surface area contributed by atoms with Crippen LogP contribution in [0.4, 0.5) is 5.69 Å². The van der Waals surface area contributed by atoms with Gasteiger partial charge in [-0.2, -0.15) is 0 Å². The summed E-state index contributed by atoms with van der Waals surface area (Å²) < 4.78 is 11.3. The zero-order valence-electron chi connectivity index (χ0n) is 19.0. The van der Waals surface area contributed by atoms with E-state index in [2.05, 4.69) is 5.32 Å². The molecular weight excluding hydrogens is 428 g/mol. The van der Waals surface area contributed by atoms with Gasteiger partial charge in [0.05, 0.1) is 6.42 Å². The van der Waals surface area contributed by atoms with Crippen LogP contribution in [0.1, 0.15) is 17.5 Å². The molecule has 0 radical (unpaired) electrons. The van der Waals surface area contributed by atoms with Crippen molar-refractivity contribution in [2.75, 3.05) is 31.2 Å². The van der Waals surface area contributed by atoms with Crippen LogP contribution in [-0.2, 0) is 16.0 Å². The number of fused-ring (bicyclic) bond motifs is 1. The lowest BCUT2D eigenvalue weighted by Gasteiger charge is -2.24. The number of hydrogen-bond donors (Lipinski definition) is 1. The molecule has 6 heteroatoms. The van der Waals surface area contributed by atoms with Crippen molar-refractivity contribution in [1.29, 1.82) is 0 Å². The zero-order chi connectivity index (χ0) is 23.6. The molecule has 6 nitrogen and oxygen atoms in total. The van der Waals surface area contributed by atoms with Crippen LogP contribution < -0.4 is 19.7 Å². The minimum Gasteiger partial charge on any atom is -0.486 e. The first-order valence-corrected chi connectivity index (χ1v) is 11.4. The number of ether oxygens (including phenoxy) is 2. The highest BCUT2D eigenvalue weighted by Crippen LogP contribution is 2.34. The molecule has 0 atom stereocenters. The molecule has 0 aromatic heterocycles. The SMILES string of the molecule is O=C(Cc1ccccc1)NCCC(=O)N(C/C=C/c1ccccc1)c1ccc2c(c1)OCCO2. The minimum absolute atomic E-state index is 0.0885. The van der Waals surface area contributed by atoms with E-state index in [1.165, 1.54) is 0 Å². The van der Waals surface area contributed by atoms with Crippen molar-refractivity contribution in [3.63, 3.8) is 0 Å². The molecule has 34 heavy (non-hydrogen) atoms. The molecule has 4 rings (SSSR count). The molecule has 1 aliphatic rings. The maximum atomic E-state index is 13.2. The van der Waals surface area contributed by atoms with E-state index < -0.39 is 0 Å². The smallest absolute Gasteiger partial charge is 0.229 e. The number of nitrogens with zero attached hydrogens (tertiary/aromatic N) is 1. The predicted molar refractivity (Wildman–Crippen MR) is 133 cm³/mol. The molecule has 1 N–H and O–H groups in total. The topological polar surface area (TPSA) is 67.9 Å². The van der Waals surface area contributed by atoms with Crippen LogP contribution >= 0.6 is 0 Å². The quantitative estimate of drug-likeness (QED) is 0.523. The van der Waals surface area contributed by atoms with Gasteiger partial charge in [0.2, 0.25) is 11.8 Å². The second-order valence-corrected chi connectivity index (χ2v) is 7.91. The van der Waals surface area contributed by atoms with E-state index in [4.69, 9.17) is 9.47 Å². The van der Waals surface area contributed by atoms with Gasteiger partial charge in [0.1, 0.15) is 13.2 Å². The molecule has 3 aromatic rings. The number of anilines is 1. The summed E-state index contributed by atoms with van der Waals surface area (Å²) in [6.45, 7) is 1.66. The van der Waals surface area contributed by atoms with E-state index in [0.29, 0.717) is 37.7 Å². The van der Waals surface area contributed by atoms with E-state index in [9.17, 15) is 9.59 Å². The molecule has 2 amide bonds. The lowest BCUT2D eigenvalue weighted by Crippen LogP contribution is -2.35. The van der Waals surface area contributed by atoms with E-state index >= 15 is 0 Å². The van der Waals surface area contributed by atoms with E-state index in [-0.39, 0.29) is 24.8 Å². The van der Waals surface area contributed by atoms with Crippen LogP contribution in [0, 0.1) is 0 Å². The van der Waals surface area contributed by atoms with E-state index in [1.807, 2.05) is 91.0 Å². The Labute approximate surface area is 199 Å². The summed E-state index contributed by atoms with van der Waals surface area (Å²) in [6.07, 6.45) is 4.42. The average Bonchev–Trinajstić information content (AvgIpc) is 2.87. The van der Waals surface area contributed by atoms with Crippen molar-refractivity contribution >= 4 is 23.6 Å². The molecule has 0 saturated heterocycles. The number of nitrogens with one attached hydrogen (secondary N) is 1. The number of carbonyl (C=O) groups excluding carboxylic acids is 2. The van der Waals surface area contributed by atoms with Crippen LogP contribution in [0.2, 0.25) is 0 Å². The Morgan fingerprint density at radius 1 is 0.882 bits per heavy atom. The lowest BCUT2D eigenvalue weighted by molar-refractivity contribution is -0.121. The fourth-order valence-corrected chi connectivity index (χ4v) is 3.70. The Hall–Kier alpha value is -4.06. The average molecular weight is 457 g/mol. The van der Waals surface area contributed by atoms with Crippen LogP contribution in [-0.4, -0.2) is 38.1 Å². The first-order chi connectivity index (χ1) is 16.7. The molecule has 0 spiro atoms. The molecule has 1 aliphatic heterocycles. The zero-order valence-corrected chi connectivity index (χ0v) is 19.0. The van der Waals surface area contributed by atoms with Crippen LogP contribution in [0.5, 0.6) is 11.5 Å². The van der Waals surface area contributed by atoms with Gasteiger partial charge in [0.25, 0.3) is 0 Å². The van der Waals surface area contributed by atoms with Crippen LogP contribution in [0.15, 0.2) is 84.9 Å². The van der Waals surface area contributed by atoms with Gasteiger partial charge >= 0.3 is 0 Å². The van der Waals surface area contributed by atoms with Crippen molar-refractivity contribution in [3.8, 4) is 11.5 Å². The van der Waals surface area contributed by atoms with E-state index in [0.717, 1.165) is 16.8 Å². The normalized spacial score (nSPS) is 12.4. The highest BCUT2D eigenvalue weighted by Gasteiger charge is 2.19. The highest BCUT2D eigenvalue weighted by atomic mass is 16.6. The Balaban J connectivity index is 1.40. The summed E-state index contributed by atoms with van der Waals surface area (Å²) in [5, 5.41) is 2.85. The predicted octanol–water partition coefficient (Wildman–Crippen LogP) is 4.25.